The van der Waals surface area contributed by atoms with E-state index in [2.05, 4.69) is 4.72 Å². The van der Waals surface area contributed by atoms with E-state index >= 15 is 0 Å². The fraction of sp³-hybridized carbons (Fsp3) is 0.500. The molecule has 0 saturated heterocycles. The van der Waals surface area contributed by atoms with Crippen LogP contribution in [0.15, 0.2) is 24.3 Å². The quantitative estimate of drug-likeness (QED) is 0.640. The number of benzene rings is 1. The van der Waals surface area contributed by atoms with E-state index in [0.717, 1.165) is 5.56 Å². The highest BCUT2D eigenvalue weighted by atomic mass is 32.2. The second-order valence-electron chi connectivity index (χ2n) is 5.04. The first kappa shape index (κ1) is 17.5. The van der Waals surface area contributed by atoms with E-state index in [9.17, 15) is 18.3 Å². The Hall–Kier alpha value is -1.60. The van der Waals surface area contributed by atoms with Gasteiger partial charge in [0.05, 0.1) is 5.75 Å². The number of carbonyl (C=O) groups is 1. The number of nitrogens with one attached hydrogen (secondary N) is 1. The highest BCUT2D eigenvalue weighted by Crippen LogP contribution is 2.12. The third kappa shape index (κ3) is 7.67. The van der Waals surface area contributed by atoms with E-state index in [1.165, 1.54) is 0 Å². The molecule has 6 nitrogen and oxygen atoms in total. The number of aromatic hydroxyl groups is 1. The summed E-state index contributed by atoms with van der Waals surface area (Å²) in [5.74, 6) is -0.973. The Balaban J connectivity index is 2.36. The van der Waals surface area contributed by atoms with Crippen LogP contribution in [0, 0.1) is 0 Å². The Bertz CT molecular complexity index is 553. The molecule has 0 spiro atoms. The van der Waals surface area contributed by atoms with Crippen molar-refractivity contribution >= 4 is 16.0 Å². The van der Waals surface area contributed by atoms with Crippen molar-refractivity contribution in [2.45, 2.75) is 38.6 Å². The third-order valence-electron chi connectivity index (χ3n) is 2.99. The minimum atomic E-state index is -3.44. The second-order valence-corrected chi connectivity index (χ2v) is 6.91. The normalized spacial score (nSPS) is 13.0. The van der Waals surface area contributed by atoms with Crippen molar-refractivity contribution in [2.24, 2.45) is 0 Å². The largest absolute Gasteiger partial charge is 0.508 e. The van der Waals surface area contributed by atoms with Gasteiger partial charge in [0.15, 0.2) is 0 Å². The molecule has 1 aromatic carbocycles. The summed E-state index contributed by atoms with van der Waals surface area (Å²) in [7, 11) is -3.44. The maximum atomic E-state index is 11.7. The molecule has 0 fully saturated rings. The summed E-state index contributed by atoms with van der Waals surface area (Å²) in [5.41, 5.74) is 1.02. The van der Waals surface area contributed by atoms with Crippen LogP contribution in [0.1, 0.15) is 31.7 Å². The molecule has 1 aromatic rings. The molecule has 1 rings (SSSR count). The summed E-state index contributed by atoms with van der Waals surface area (Å²) in [6.07, 6.45) is 1.28. The van der Waals surface area contributed by atoms with Gasteiger partial charge in [-0.1, -0.05) is 12.1 Å². The Morgan fingerprint density at radius 1 is 1.29 bits per heavy atom. The van der Waals surface area contributed by atoms with Crippen molar-refractivity contribution in [2.75, 3.05) is 5.75 Å². The van der Waals surface area contributed by atoms with Gasteiger partial charge in [0, 0.05) is 12.5 Å². The molecule has 0 aliphatic heterocycles. The molecule has 1 atom stereocenters. The molecular formula is C14H21NO5S. The van der Waals surface area contributed by atoms with Crippen molar-refractivity contribution in [1.29, 1.82) is 0 Å². The molecule has 0 bridgehead atoms. The maximum absolute atomic E-state index is 11.7. The number of rotatable bonds is 9. The topological polar surface area (TPSA) is 104 Å². The molecule has 0 saturated carbocycles. The summed E-state index contributed by atoms with van der Waals surface area (Å²) in [5, 5.41) is 17.7. The average Bonchev–Trinajstić information content (AvgIpc) is 2.36. The molecule has 0 amide bonds. The van der Waals surface area contributed by atoms with Crippen molar-refractivity contribution < 1.29 is 23.4 Å². The van der Waals surface area contributed by atoms with Gasteiger partial charge in [-0.3, -0.25) is 4.79 Å². The SMILES string of the molecule is CC(CCc1ccc(O)cc1)NS(=O)(=O)CCCC(=O)O. The maximum Gasteiger partial charge on any atom is 0.303 e. The first-order valence-corrected chi connectivity index (χ1v) is 8.43. The van der Waals surface area contributed by atoms with E-state index in [-0.39, 0.29) is 30.4 Å². The van der Waals surface area contributed by atoms with Crippen LogP contribution < -0.4 is 4.72 Å². The number of phenols is 1. The van der Waals surface area contributed by atoms with Crippen LogP contribution in [0.2, 0.25) is 0 Å². The lowest BCUT2D eigenvalue weighted by Crippen LogP contribution is -2.34. The zero-order valence-corrected chi connectivity index (χ0v) is 12.8. The zero-order valence-electron chi connectivity index (χ0n) is 11.9. The molecule has 0 aromatic heterocycles. The van der Waals surface area contributed by atoms with Crippen molar-refractivity contribution in [3.8, 4) is 5.75 Å². The monoisotopic (exact) mass is 315 g/mol. The van der Waals surface area contributed by atoms with Crippen LogP contribution in [-0.4, -0.2) is 36.4 Å². The van der Waals surface area contributed by atoms with Crippen LogP contribution in [0.25, 0.3) is 0 Å². The third-order valence-corrected chi connectivity index (χ3v) is 4.57. The predicted molar refractivity (Wildman–Crippen MR) is 79.7 cm³/mol. The second kappa shape index (κ2) is 7.99. The molecule has 118 valence electrons. The number of aryl methyl sites for hydroxylation is 1. The predicted octanol–water partition coefficient (Wildman–Crippen LogP) is 1.50. The average molecular weight is 315 g/mol. The van der Waals surface area contributed by atoms with Crippen LogP contribution in [-0.2, 0) is 21.2 Å². The number of hydrogen-bond donors (Lipinski definition) is 3. The van der Waals surface area contributed by atoms with E-state index in [0.29, 0.717) is 12.8 Å². The molecule has 0 heterocycles. The van der Waals surface area contributed by atoms with E-state index in [1.54, 1.807) is 31.2 Å². The van der Waals surface area contributed by atoms with E-state index in [4.69, 9.17) is 5.11 Å². The zero-order chi connectivity index (χ0) is 15.9. The lowest BCUT2D eigenvalue weighted by molar-refractivity contribution is -0.137. The van der Waals surface area contributed by atoms with Gasteiger partial charge in [-0.05, 0) is 43.9 Å². The Morgan fingerprint density at radius 3 is 2.48 bits per heavy atom. The number of carboxylic acid groups (broad SMARTS) is 1. The lowest BCUT2D eigenvalue weighted by Gasteiger charge is -2.14. The molecule has 0 aliphatic carbocycles. The van der Waals surface area contributed by atoms with Crippen LogP contribution >= 0.6 is 0 Å². The van der Waals surface area contributed by atoms with Gasteiger partial charge in [0.25, 0.3) is 0 Å². The van der Waals surface area contributed by atoms with Crippen LogP contribution in [0.5, 0.6) is 5.75 Å². The Morgan fingerprint density at radius 2 is 1.90 bits per heavy atom. The first-order chi connectivity index (χ1) is 9.78. The number of sulfonamides is 1. The van der Waals surface area contributed by atoms with Gasteiger partial charge in [0.1, 0.15) is 5.75 Å². The van der Waals surface area contributed by atoms with Crippen LogP contribution in [0.3, 0.4) is 0 Å². The van der Waals surface area contributed by atoms with Crippen LogP contribution in [0.4, 0.5) is 0 Å². The van der Waals surface area contributed by atoms with E-state index < -0.39 is 16.0 Å². The van der Waals surface area contributed by atoms with Gasteiger partial charge in [-0.2, -0.15) is 0 Å². The van der Waals surface area contributed by atoms with Crippen molar-refractivity contribution in [1.82, 2.24) is 4.72 Å². The molecule has 21 heavy (non-hydrogen) atoms. The fourth-order valence-electron chi connectivity index (χ4n) is 1.88. The molecule has 0 radical (unpaired) electrons. The smallest absolute Gasteiger partial charge is 0.303 e. The highest BCUT2D eigenvalue weighted by Gasteiger charge is 2.14. The first-order valence-electron chi connectivity index (χ1n) is 6.78. The van der Waals surface area contributed by atoms with Gasteiger partial charge in [0.2, 0.25) is 10.0 Å². The van der Waals surface area contributed by atoms with Gasteiger partial charge in [-0.25, -0.2) is 13.1 Å². The van der Waals surface area contributed by atoms with Gasteiger partial charge < -0.3 is 10.2 Å². The summed E-state index contributed by atoms with van der Waals surface area (Å²) in [6, 6.07) is 6.55. The van der Waals surface area contributed by atoms with Crippen molar-refractivity contribution in [3.63, 3.8) is 0 Å². The molecule has 1 unspecified atom stereocenters. The Labute approximate surface area is 124 Å². The Kier molecular flexibility index (Phi) is 6.64. The number of aliphatic carboxylic acids is 1. The summed E-state index contributed by atoms with van der Waals surface area (Å²) >= 11 is 0. The number of phenolic OH excluding ortho intramolecular Hbond substituents is 1. The van der Waals surface area contributed by atoms with Crippen molar-refractivity contribution in [3.05, 3.63) is 29.8 Å². The number of hydrogen-bond acceptors (Lipinski definition) is 4. The summed E-state index contributed by atoms with van der Waals surface area (Å²) in [4.78, 5) is 10.4. The van der Waals surface area contributed by atoms with Gasteiger partial charge >= 0.3 is 5.97 Å². The molecule has 3 N–H and O–H groups in total. The molecular weight excluding hydrogens is 294 g/mol. The summed E-state index contributed by atoms with van der Waals surface area (Å²) < 4.78 is 26.0. The highest BCUT2D eigenvalue weighted by molar-refractivity contribution is 7.89. The summed E-state index contributed by atoms with van der Waals surface area (Å²) in [6.45, 7) is 1.77. The minimum absolute atomic E-state index is 0.106. The lowest BCUT2D eigenvalue weighted by atomic mass is 10.1. The molecule has 0 aliphatic rings. The molecule has 7 heteroatoms. The fourth-order valence-corrected chi connectivity index (χ4v) is 3.26. The number of carboxylic acids is 1. The minimum Gasteiger partial charge on any atom is -0.508 e. The van der Waals surface area contributed by atoms with Gasteiger partial charge in [-0.15, -0.1) is 0 Å². The van der Waals surface area contributed by atoms with E-state index in [1.807, 2.05) is 0 Å². The standard InChI is InChI=1S/C14H21NO5S/c1-11(4-5-12-6-8-13(16)9-7-12)15-21(19,20)10-2-3-14(17)18/h6-9,11,15-16H,2-5,10H2,1H3,(H,17,18).